The van der Waals surface area contributed by atoms with Crippen LogP contribution < -0.4 is 22.5 Å². The molecule has 1 N–H and O–H groups in total. The summed E-state index contributed by atoms with van der Waals surface area (Å²) in [6, 6.07) is 0. The van der Waals surface area contributed by atoms with E-state index in [9.17, 15) is 24.3 Å². The number of nitrogens with zero attached hydrogens (tertiary/aromatic N) is 8. The lowest BCUT2D eigenvalue weighted by Gasteiger charge is -2.14. The Labute approximate surface area is 181 Å². The van der Waals surface area contributed by atoms with Crippen LogP contribution in [0, 0.1) is 0 Å². The molecule has 0 bridgehead atoms. The minimum absolute atomic E-state index is 0.0257. The van der Waals surface area contributed by atoms with Gasteiger partial charge in [-0.15, -0.1) is 0 Å². The number of halogens is 1. The number of fused-ring (bicyclic) bond motifs is 2. The van der Waals surface area contributed by atoms with Gasteiger partial charge in [0.2, 0.25) is 0 Å². The third-order valence-electron chi connectivity index (χ3n) is 5.32. The van der Waals surface area contributed by atoms with Gasteiger partial charge in [-0.05, 0) is 15.9 Å². The minimum Gasteiger partial charge on any atom is -0.389 e. The molecule has 0 aromatic carbocycles. The van der Waals surface area contributed by atoms with Crippen LogP contribution in [0.25, 0.3) is 22.3 Å². The highest BCUT2D eigenvalue weighted by Gasteiger charge is 2.21. The molecule has 13 nitrogen and oxygen atoms in total. The lowest BCUT2D eigenvalue weighted by atomic mass is 10.3. The van der Waals surface area contributed by atoms with Gasteiger partial charge in [0.1, 0.15) is 0 Å². The maximum absolute atomic E-state index is 12.7. The van der Waals surface area contributed by atoms with Gasteiger partial charge in [0.05, 0.1) is 25.5 Å². The fraction of sp³-hybridized carbons (Fsp3) is 0.412. The standard InChI is InChI=1S/C17H19BrN8O5/c1-21-11-9(13(28)23(3)16(21)30)25(7-19-11)5-8(27)6-26-10-12(20-15(26)18)22(2)17(31)24(4)14(10)29/h7-8,27H,5-6H2,1-4H3. The van der Waals surface area contributed by atoms with E-state index in [-0.39, 0.29) is 40.2 Å². The molecule has 1 atom stereocenters. The van der Waals surface area contributed by atoms with E-state index >= 15 is 0 Å². The van der Waals surface area contributed by atoms with E-state index in [2.05, 4.69) is 25.9 Å². The average molecular weight is 495 g/mol. The van der Waals surface area contributed by atoms with Crippen molar-refractivity contribution in [2.45, 2.75) is 19.2 Å². The molecule has 0 aliphatic heterocycles. The van der Waals surface area contributed by atoms with Crippen molar-refractivity contribution in [1.29, 1.82) is 0 Å². The van der Waals surface area contributed by atoms with Gasteiger partial charge in [0, 0.05) is 28.2 Å². The zero-order valence-electron chi connectivity index (χ0n) is 17.1. The van der Waals surface area contributed by atoms with Crippen LogP contribution in [-0.4, -0.2) is 48.6 Å². The van der Waals surface area contributed by atoms with Gasteiger partial charge in [-0.1, -0.05) is 0 Å². The fourth-order valence-electron chi connectivity index (χ4n) is 3.62. The Bertz CT molecular complexity index is 1600. The Morgan fingerprint density at radius 1 is 0.871 bits per heavy atom. The Morgan fingerprint density at radius 3 is 2.03 bits per heavy atom. The fourth-order valence-corrected chi connectivity index (χ4v) is 4.11. The zero-order valence-corrected chi connectivity index (χ0v) is 18.7. The number of aryl methyl sites for hydroxylation is 2. The van der Waals surface area contributed by atoms with Crippen molar-refractivity contribution in [3.05, 3.63) is 52.7 Å². The maximum atomic E-state index is 12.7. The van der Waals surface area contributed by atoms with E-state index in [1.165, 1.54) is 52.8 Å². The van der Waals surface area contributed by atoms with Gasteiger partial charge in [-0.25, -0.2) is 19.6 Å². The van der Waals surface area contributed by atoms with Crippen molar-refractivity contribution in [1.82, 2.24) is 37.4 Å². The van der Waals surface area contributed by atoms with Crippen molar-refractivity contribution in [2.24, 2.45) is 28.2 Å². The molecule has 31 heavy (non-hydrogen) atoms. The van der Waals surface area contributed by atoms with Crippen LogP contribution in [0.15, 0.2) is 30.2 Å². The summed E-state index contributed by atoms with van der Waals surface area (Å²) in [7, 11) is 5.74. The first-order chi connectivity index (χ1) is 14.5. The molecule has 0 aliphatic rings. The number of hydrogen-bond donors (Lipinski definition) is 1. The molecule has 0 spiro atoms. The highest BCUT2D eigenvalue weighted by molar-refractivity contribution is 9.10. The van der Waals surface area contributed by atoms with E-state index in [1.54, 1.807) is 0 Å². The lowest BCUT2D eigenvalue weighted by Crippen LogP contribution is -2.38. The molecule has 1 unspecified atom stereocenters. The smallest absolute Gasteiger partial charge is 0.332 e. The molecule has 4 rings (SSSR count). The van der Waals surface area contributed by atoms with Crippen LogP contribution in [0.2, 0.25) is 0 Å². The van der Waals surface area contributed by atoms with Crippen molar-refractivity contribution < 1.29 is 5.11 Å². The molecular formula is C17H19BrN8O5. The molecule has 164 valence electrons. The van der Waals surface area contributed by atoms with Crippen LogP contribution in [-0.2, 0) is 41.3 Å². The highest BCUT2D eigenvalue weighted by Crippen LogP contribution is 2.17. The quantitative estimate of drug-likeness (QED) is 0.323. The van der Waals surface area contributed by atoms with Gasteiger partial charge in [0.15, 0.2) is 27.1 Å². The first kappa shape index (κ1) is 21.0. The van der Waals surface area contributed by atoms with Crippen LogP contribution in [0.3, 0.4) is 0 Å². The van der Waals surface area contributed by atoms with Gasteiger partial charge in [-0.2, -0.15) is 0 Å². The van der Waals surface area contributed by atoms with Crippen LogP contribution in [0.1, 0.15) is 0 Å². The number of aromatic nitrogens is 8. The van der Waals surface area contributed by atoms with Crippen LogP contribution in [0.5, 0.6) is 0 Å². The first-order valence-electron chi connectivity index (χ1n) is 9.15. The SMILES string of the molecule is Cn1c(=O)c2c(ncn2CC(O)Cn2c(Br)nc3c2c(=O)n(C)c(=O)n3C)n(C)c1=O. The van der Waals surface area contributed by atoms with Crippen LogP contribution >= 0.6 is 15.9 Å². The summed E-state index contributed by atoms with van der Waals surface area (Å²) in [5.41, 5.74) is -1.36. The number of aliphatic hydroxyl groups is 1. The Morgan fingerprint density at radius 2 is 1.42 bits per heavy atom. The number of imidazole rings is 2. The topological polar surface area (TPSA) is 144 Å². The molecule has 14 heteroatoms. The molecule has 0 radical (unpaired) electrons. The normalized spacial score (nSPS) is 12.8. The summed E-state index contributed by atoms with van der Waals surface area (Å²) in [5, 5.41) is 10.7. The molecule has 0 amide bonds. The minimum atomic E-state index is -1.05. The molecule has 4 aromatic heterocycles. The van der Waals surface area contributed by atoms with Crippen molar-refractivity contribution in [3.63, 3.8) is 0 Å². The maximum Gasteiger partial charge on any atom is 0.332 e. The number of hydrogen-bond acceptors (Lipinski definition) is 7. The highest BCUT2D eigenvalue weighted by atomic mass is 79.9. The zero-order chi connectivity index (χ0) is 22.8. The largest absolute Gasteiger partial charge is 0.389 e. The third-order valence-corrected chi connectivity index (χ3v) is 5.92. The van der Waals surface area contributed by atoms with Gasteiger partial charge < -0.3 is 14.2 Å². The summed E-state index contributed by atoms with van der Waals surface area (Å²) in [6.45, 7) is -0.0710. The summed E-state index contributed by atoms with van der Waals surface area (Å²) >= 11 is 3.28. The van der Waals surface area contributed by atoms with Gasteiger partial charge in [0.25, 0.3) is 11.1 Å². The summed E-state index contributed by atoms with van der Waals surface area (Å²) in [4.78, 5) is 57.8. The van der Waals surface area contributed by atoms with E-state index in [1.807, 2.05) is 0 Å². The molecular weight excluding hydrogens is 476 g/mol. The predicted molar refractivity (Wildman–Crippen MR) is 114 cm³/mol. The van der Waals surface area contributed by atoms with Gasteiger partial charge >= 0.3 is 11.4 Å². The predicted octanol–water partition coefficient (Wildman–Crippen LogP) is -2.00. The Kier molecular flexibility index (Phi) is 4.85. The molecule has 4 heterocycles. The van der Waals surface area contributed by atoms with E-state index in [0.29, 0.717) is 0 Å². The third kappa shape index (κ3) is 3.01. The van der Waals surface area contributed by atoms with E-state index < -0.39 is 28.6 Å². The second kappa shape index (κ2) is 7.16. The van der Waals surface area contributed by atoms with Crippen LogP contribution in [0.4, 0.5) is 0 Å². The summed E-state index contributed by atoms with van der Waals surface area (Å²) in [6.07, 6.45) is 0.327. The van der Waals surface area contributed by atoms with Crippen molar-refractivity contribution in [3.8, 4) is 0 Å². The number of aliphatic hydroxyl groups excluding tert-OH is 1. The van der Waals surface area contributed by atoms with Crippen molar-refractivity contribution in [2.75, 3.05) is 0 Å². The van der Waals surface area contributed by atoms with Crippen molar-refractivity contribution >= 4 is 38.3 Å². The second-order valence-corrected chi connectivity index (χ2v) is 8.01. The first-order valence-corrected chi connectivity index (χ1v) is 9.94. The summed E-state index contributed by atoms with van der Waals surface area (Å²) in [5.74, 6) is 0. The number of rotatable bonds is 4. The summed E-state index contributed by atoms with van der Waals surface area (Å²) < 4.78 is 7.64. The molecule has 0 aliphatic carbocycles. The van der Waals surface area contributed by atoms with E-state index in [4.69, 9.17) is 0 Å². The molecule has 0 saturated carbocycles. The van der Waals surface area contributed by atoms with E-state index in [0.717, 1.165) is 9.13 Å². The Hall–Kier alpha value is -3.26. The monoisotopic (exact) mass is 494 g/mol. The Balaban J connectivity index is 1.77. The molecule has 0 fully saturated rings. The molecule has 0 saturated heterocycles. The lowest BCUT2D eigenvalue weighted by molar-refractivity contribution is 0.136. The van der Waals surface area contributed by atoms with Gasteiger partial charge in [-0.3, -0.25) is 27.9 Å². The second-order valence-electron chi connectivity index (χ2n) is 7.30. The molecule has 4 aromatic rings. The average Bonchev–Trinajstić information content (AvgIpc) is 3.29.